The minimum atomic E-state index is -1.17. The number of hydrogen-bond donors (Lipinski definition) is 2. The number of methoxy groups -OCH3 is 2. The van der Waals surface area contributed by atoms with Crippen LogP contribution in [0.15, 0.2) is 42.5 Å². The second kappa shape index (κ2) is 8.53. The lowest BCUT2D eigenvalue weighted by Crippen LogP contribution is -2.45. The van der Waals surface area contributed by atoms with Crippen molar-refractivity contribution in [1.82, 2.24) is 5.32 Å². The van der Waals surface area contributed by atoms with Gasteiger partial charge in [-0.3, -0.25) is 9.59 Å². The molecule has 1 unspecified atom stereocenters. The van der Waals surface area contributed by atoms with Gasteiger partial charge in [0.25, 0.3) is 0 Å². The van der Waals surface area contributed by atoms with Crippen molar-refractivity contribution in [3.8, 4) is 11.5 Å². The average Bonchev–Trinajstić information content (AvgIpc) is 2.61. The molecule has 0 bridgehead atoms. The van der Waals surface area contributed by atoms with Gasteiger partial charge in [0.05, 0.1) is 32.6 Å². The van der Waals surface area contributed by atoms with Crippen molar-refractivity contribution < 1.29 is 28.6 Å². The number of hydrogen-bond acceptors (Lipinski definition) is 4. The van der Waals surface area contributed by atoms with Crippen LogP contribution in [-0.2, 0) is 21.5 Å². The van der Waals surface area contributed by atoms with E-state index in [1.165, 1.54) is 32.4 Å². The number of carbonyl (C=O) groups is 2. The number of carbonyl (C=O) groups excluding carboxylic acids is 1. The molecule has 0 aliphatic carbocycles. The van der Waals surface area contributed by atoms with Crippen molar-refractivity contribution in [2.75, 3.05) is 14.2 Å². The van der Waals surface area contributed by atoms with Crippen molar-refractivity contribution in [3.05, 3.63) is 59.4 Å². The van der Waals surface area contributed by atoms with Gasteiger partial charge in [0.1, 0.15) is 17.3 Å². The molecule has 144 valence electrons. The lowest BCUT2D eigenvalue weighted by molar-refractivity contribution is -0.139. The standard InChI is InChI=1S/C20H22FNO5/c1-20(12-19(24)25,14-5-4-6-16(11-14)26-2)22-18(23)10-13-9-15(21)7-8-17(13)27-3/h4-9,11H,10,12H2,1-3H3,(H,22,23)(H,24,25). The lowest BCUT2D eigenvalue weighted by atomic mass is 9.88. The van der Waals surface area contributed by atoms with Crippen molar-refractivity contribution in [3.63, 3.8) is 0 Å². The van der Waals surface area contributed by atoms with Crippen molar-refractivity contribution in [1.29, 1.82) is 0 Å². The second-order valence-electron chi connectivity index (χ2n) is 6.32. The molecule has 7 heteroatoms. The van der Waals surface area contributed by atoms with Crippen molar-refractivity contribution >= 4 is 11.9 Å². The summed E-state index contributed by atoms with van der Waals surface area (Å²) < 4.78 is 23.8. The van der Waals surface area contributed by atoms with Gasteiger partial charge in [0.2, 0.25) is 5.91 Å². The molecule has 0 fully saturated rings. The summed E-state index contributed by atoms with van der Waals surface area (Å²) in [5, 5.41) is 12.1. The van der Waals surface area contributed by atoms with E-state index in [1.54, 1.807) is 31.2 Å². The number of benzene rings is 2. The molecular weight excluding hydrogens is 353 g/mol. The van der Waals surface area contributed by atoms with Gasteiger partial charge in [-0.2, -0.15) is 0 Å². The maximum Gasteiger partial charge on any atom is 0.306 e. The molecule has 0 aliphatic heterocycles. The Bertz CT molecular complexity index is 839. The highest BCUT2D eigenvalue weighted by atomic mass is 19.1. The number of halogens is 1. The third kappa shape index (κ3) is 5.20. The van der Waals surface area contributed by atoms with E-state index in [-0.39, 0.29) is 12.8 Å². The zero-order chi connectivity index (χ0) is 20.0. The van der Waals surface area contributed by atoms with E-state index in [0.29, 0.717) is 22.6 Å². The first-order chi connectivity index (χ1) is 12.8. The molecule has 1 amide bonds. The topological polar surface area (TPSA) is 84.9 Å². The molecule has 0 aliphatic rings. The first-order valence-electron chi connectivity index (χ1n) is 8.27. The zero-order valence-corrected chi connectivity index (χ0v) is 15.4. The van der Waals surface area contributed by atoms with Gasteiger partial charge < -0.3 is 19.9 Å². The van der Waals surface area contributed by atoms with E-state index >= 15 is 0 Å². The van der Waals surface area contributed by atoms with E-state index in [0.717, 1.165) is 0 Å². The highest BCUT2D eigenvalue weighted by molar-refractivity contribution is 5.81. The van der Waals surface area contributed by atoms with Gasteiger partial charge in [-0.05, 0) is 42.8 Å². The fraction of sp³-hybridized carbons (Fsp3) is 0.300. The Morgan fingerprint density at radius 1 is 1.15 bits per heavy atom. The van der Waals surface area contributed by atoms with Gasteiger partial charge in [0.15, 0.2) is 0 Å². The van der Waals surface area contributed by atoms with Crippen LogP contribution in [0.5, 0.6) is 11.5 Å². The summed E-state index contributed by atoms with van der Waals surface area (Å²) in [6.07, 6.45) is -0.480. The quantitative estimate of drug-likeness (QED) is 0.741. The van der Waals surface area contributed by atoms with E-state index in [1.807, 2.05) is 0 Å². The summed E-state index contributed by atoms with van der Waals surface area (Å²) in [6, 6.07) is 10.7. The van der Waals surface area contributed by atoms with Gasteiger partial charge in [-0.1, -0.05) is 12.1 Å². The molecule has 2 aromatic carbocycles. The summed E-state index contributed by atoms with van der Waals surface area (Å²) in [7, 11) is 2.93. The molecule has 0 heterocycles. The molecule has 0 saturated heterocycles. The summed E-state index contributed by atoms with van der Waals surface area (Å²) in [6.45, 7) is 1.62. The van der Waals surface area contributed by atoms with Crippen molar-refractivity contribution in [2.45, 2.75) is 25.3 Å². The Morgan fingerprint density at radius 2 is 1.89 bits per heavy atom. The Morgan fingerprint density at radius 3 is 2.52 bits per heavy atom. The Labute approximate surface area is 156 Å². The van der Waals surface area contributed by atoms with Crippen LogP contribution in [0.25, 0.3) is 0 Å². The highest BCUT2D eigenvalue weighted by Crippen LogP contribution is 2.28. The Kier molecular flexibility index (Phi) is 6.39. The fourth-order valence-electron chi connectivity index (χ4n) is 2.90. The number of carboxylic acid groups (broad SMARTS) is 1. The van der Waals surface area contributed by atoms with Crippen LogP contribution < -0.4 is 14.8 Å². The third-order valence-corrected chi connectivity index (χ3v) is 4.22. The molecule has 2 aromatic rings. The minimum Gasteiger partial charge on any atom is -0.497 e. The molecule has 0 spiro atoms. The number of carboxylic acids is 1. The summed E-state index contributed by atoms with van der Waals surface area (Å²) >= 11 is 0. The first-order valence-corrected chi connectivity index (χ1v) is 8.27. The van der Waals surface area contributed by atoms with Crippen molar-refractivity contribution in [2.24, 2.45) is 0 Å². The van der Waals surface area contributed by atoms with Crippen LogP contribution in [0.3, 0.4) is 0 Å². The summed E-state index contributed by atoms with van der Waals surface area (Å²) in [5.41, 5.74) is -0.208. The smallest absolute Gasteiger partial charge is 0.306 e. The van der Waals surface area contributed by atoms with Gasteiger partial charge in [0, 0.05) is 5.56 Å². The monoisotopic (exact) mass is 375 g/mol. The van der Waals surface area contributed by atoms with Crippen LogP contribution in [0, 0.1) is 5.82 Å². The molecular formula is C20H22FNO5. The van der Waals surface area contributed by atoms with Gasteiger partial charge >= 0.3 is 5.97 Å². The molecule has 27 heavy (non-hydrogen) atoms. The molecule has 0 saturated carbocycles. The predicted molar refractivity (Wildman–Crippen MR) is 97.4 cm³/mol. The van der Waals surface area contributed by atoms with E-state index < -0.39 is 23.2 Å². The predicted octanol–water partition coefficient (Wildman–Crippen LogP) is 2.89. The maximum absolute atomic E-state index is 13.5. The Balaban J connectivity index is 2.29. The van der Waals surface area contributed by atoms with Gasteiger partial charge in [-0.15, -0.1) is 0 Å². The molecule has 1 atom stereocenters. The number of nitrogens with one attached hydrogen (secondary N) is 1. The van der Waals surface area contributed by atoms with Crippen LogP contribution in [0.1, 0.15) is 24.5 Å². The SMILES string of the molecule is COc1cccc(C(C)(CC(=O)O)NC(=O)Cc2cc(F)ccc2OC)c1. The maximum atomic E-state index is 13.5. The van der Waals surface area contributed by atoms with Crippen LogP contribution >= 0.6 is 0 Å². The van der Waals surface area contributed by atoms with E-state index in [2.05, 4.69) is 5.32 Å². The summed E-state index contributed by atoms with van der Waals surface area (Å²) in [4.78, 5) is 24.0. The van der Waals surface area contributed by atoms with Crippen LogP contribution in [0.4, 0.5) is 4.39 Å². The molecule has 0 aromatic heterocycles. The van der Waals surface area contributed by atoms with Crippen LogP contribution in [0.2, 0.25) is 0 Å². The molecule has 6 nitrogen and oxygen atoms in total. The second-order valence-corrected chi connectivity index (χ2v) is 6.32. The lowest BCUT2D eigenvalue weighted by Gasteiger charge is -2.30. The number of amides is 1. The molecule has 2 rings (SSSR count). The third-order valence-electron chi connectivity index (χ3n) is 4.22. The minimum absolute atomic E-state index is 0.153. The average molecular weight is 375 g/mol. The largest absolute Gasteiger partial charge is 0.497 e. The normalized spacial score (nSPS) is 12.7. The van der Waals surface area contributed by atoms with E-state index in [9.17, 15) is 19.1 Å². The summed E-state index contributed by atoms with van der Waals surface area (Å²) in [5.74, 6) is -1.08. The highest BCUT2D eigenvalue weighted by Gasteiger charge is 2.32. The number of ether oxygens (including phenoxy) is 2. The fourth-order valence-corrected chi connectivity index (χ4v) is 2.90. The zero-order valence-electron chi connectivity index (χ0n) is 15.4. The Hall–Kier alpha value is -3.09. The van der Waals surface area contributed by atoms with Crippen LogP contribution in [-0.4, -0.2) is 31.2 Å². The van der Waals surface area contributed by atoms with E-state index in [4.69, 9.17) is 9.47 Å². The molecule has 2 N–H and O–H groups in total. The molecule has 0 radical (unpaired) electrons. The number of aliphatic carboxylic acids is 1. The first kappa shape index (κ1) is 20.2. The van der Waals surface area contributed by atoms with Gasteiger partial charge in [-0.25, -0.2) is 4.39 Å². The number of rotatable bonds is 8.